The number of amides is 2. The van der Waals surface area contributed by atoms with Crippen LogP contribution in [0, 0.1) is 13.8 Å². The molecule has 0 bridgehead atoms. The van der Waals surface area contributed by atoms with E-state index < -0.39 is 11.8 Å². The number of nitrogens with one attached hydrogen (secondary N) is 2. The van der Waals surface area contributed by atoms with Crippen LogP contribution in [0.25, 0.3) is 0 Å². The average molecular weight is 393 g/mol. The predicted octanol–water partition coefficient (Wildman–Crippen LogP) is 2.57. The molecule has 0 atom stereocenters. The van der Waals surface area contributed by atoms with E-state index in [1.165, 1.54) is 0 Å². The zero-order chi connectivity index (χ0) is 19.8. The van der Waals surface area contributed by atoms with Gasteiger partial charge in [-0.05, 0) is 61.4 Å². The number of methoxy groups -OCH3 is 1. The Labute approximate surface area is 162 Å². The summed E-state index contributed by atoms with van der Waals surface area (Å²) in [5.41, 5.74) is 6.26. The third kappa shape index (κ3) is 6.07. The summed E-state index contributed by atoms with van der Waals surface area (Å²) in [5.74, 6) is 0.748. The Morgan fingerprint density at radius 3 is 2.00 bits per heavy atom. The van der Waals surface area contributed by atoms with E-state index in [0.29, 0.717) is 22.3 Å². The molecule has 0 aliphatic rings. The molecule has 0 radical (unpaired) electrons. The SMILES string of the molecule is COc1ccc(OCC(=O)NNC(=O)COc2ccc(Cl)c(C)c2C)cc1. The lowest BCUT2D eigenvalue weighted by Crippen LogP contribution is -2.45. The van der Waals surface area contributed by atoms with E-state index in [1.54, 1.807) is 43.5 Å². The molecule has 2 rings (SSSR count). The van der Waals surface area contributed by atoms with Crippen LogP contribution in [0.1, 0.15) is 11.1 Å². The van der Waals surface area contributed by atoms with E-state index in [9.17, 15) is 9.59 Å². The minimum Gasteiger partial charge on any atom is -0.497 e. The second-order valence-electron chi connectivity index (χ2n) is 5.64. The van der Waals surface area contributed by atoms with Crippen LogP contribution in [-0.4, -0.2) is 32.1 Å². The summed E-state index contributed by atoms with van der Waals surface area (Å²) < 4.78 is 15.8. The van der Waals surface area contributed by atoms with Crippen molar-refractivity contribution in [1.29, 1.82) is 0 Å². The van der Waals surface area contributed by atoms with Gasteiger partial charge in [-0.3, -0.25) is 20.4 Å². The van der Waals surface area contributed by atoms with Gasteiger partial charge in [-0.25, -0.2) is 0 Å². The van der Waals surface area contributed by atoms with Crippen molar-refractivity contribution in [2.45, 2.75) is 13.8 Å². The summed E-state index contributed by atoms with van der Waals surface area (Å²) in [5, 5.41) is 0.633. The fraction of sp³-hybridized carbons (Fsp3) is 0.263. The Balaban J connectivity index is 1.71. The summed E-state index contributed by atoms with van der Waals surface area (Å²) in [7, 11) is 1.56. The van der Waals surface area contributed by atoms with E-state index in [2.05, 4.69) is 10.9 Å². The Hall–Kier alpha value is -2.93. The van der Waals surface area contributed by atoms with Gasteiger partial charge in [0.15, 0.2) is 13.2 Å². The molecule has 0 aliphatic carbocycles. The molecule has 0 saturated carbocycles. The van der Waals surface area contributed by atoms with E-state index in [1.807, 2.05) is 13.8 Å². The maximum Gasteiger partial charge on any atom is 0.276 e. The highest BCUT2D eigenvalue weighted by Gasteiger charge is 2.10. The van der Waals surface area contributed by atoms with Crippen LogP contribution >= 0.6 is 11.6 Å². The molecule has 0 aliphatic heterocycles. The minimum absolute atomic E-state index is 0.247. The first-order chi connectivity index (χ1) is 12.9. The largest absolute Gasteiger partial charge is 0.497 e. The van der Waals surface area contributed by atoms with Crippen molar-refractivity contribution < 1.29 is 23.8 Å². The monoisotopic (exact) mass is 392 g/mol. The van der Waals surface area contributed by atoms with Gasteiger partial charge < -0.3 is 14.2 Å². The number of rotatable bonds is 7. The summed E-state index contributed by atoms with van der Waals surface area (Å²) in [6.07, 6.45) is 0. The van der Waals surface area contributed by atoms with Crippen LogP contribution < -0.4 is 25.1 Å². The Morgan fingerprint density at radius 1 is 0.852 bits per heavy atom. The number of ether oxygens (including phenoxy) is 3. The van der Waals surface area contributed by atoms with Crippen LogP contribution in [-0.2, 0) is 9.59 Å². The van der Waals surface area contributed by atoms with Gasteiger partial charge in [0.1, 0.15) is 17.2 Å². The van der Waals surface area contributed by atoms with Gasteiger partial charge in [-0.15, -0.1) is 0 Å². The molecule has 2 aromatic rings. The lowest BCUT2D eigenvalue weighted by atomic mass is 10.1. The van der Waals surface area contributed by atoms with Gasteiger partial charge in [0, 0.05) is 5.02 Å². The molecule has 2 N–H and O–H groups in total. The second kappa shape index (κ2) is 9.68. The molecule has 0 fully saturated rings. The highest BCUT2D eigenvalue weighted by molar-refractivity contribution is 6.31. The van der Waals surface area contributed by atoms with E-state index in [-0.39, 0.29) is 13.2 Å². The molecule has 27 heavy (non-hydrogen) atoms. The third-order valence-electron chi connectivity index (χ3n) is 3.80. The predicted molar refractivity (Wildman–Crippen MR) is 101 cm³/mol. The van der Waals surface area contributed by atoms with Gasteiger partial charge in [0.2, 0.25) is 0 Å². The maximum atomic E-state index is 11.8. The van der Waals surface area contributed by atoms with Gasteiger partial charge in [-0.2, -0.15) is 0 Å². The lowest BCUT2D eigenvalue weighted by Gasteiger charge is -2.12. The Bertz CT molecular complexity index is 808. The number of halogens is 1. The summed E-state index contributed by atoms with van der Waals surface area (Å²) >= 11 is 6.02. The molecular formula is C19H21ClN2O5. The number of carbonyl (C=O) groups is 2. The quantitative estimate of drug-likeness (QED) is 0.707. The number of hydrazine groups is 1. The minimum atomic E-state index is -0.502. The third-order valence-corrected chi connectivity index (χ3v) is 4.21. The van der Waals surface area contributed by atoms with Crippen molar-refractivity contribution in [3.05, 3.63) is 52.5 Å². The van der Waals surface area contributed by atoms with Gasteiger partial charge in [0.05, 0.1) is 7.11 Å². The zero-order valence-corrected chi connectivity index (χ0v) is 16.1. The first kappa shape index (κ1) is 20.4. The highest BCUT2D eigenvalue weighted by Crippen LogP contribution is 2.27. The van der Waals surface area contributed by atoms with E-state index in [4.69, 9.17) is 25.8 Å². The summed E-state index contributed by atoms with van der Waals surface area (Å²) in [6, 6.07) is 10.2. The fourth-order valence-corrected chi connectivity index (χ4v) is 2.30. The van der Waals surface area contributed by atoms with Crippen molar-refractivity contribution in [2.75, 3.05) is 20.3 Å². The molecule has 0 saturated heterocycles. The van der Waals surface area contributed by atoms with E-state index >= 15 is 0 Å². The smallest absolute Gasteiger partial charge is 0.276 e. The van der Waals surface area contributed by atoms with Crippen LogP contribution in [0.3, 0.4) is 0 Å². The molecule has 8 heteroatoms. The lowest BCUT2D eigenvalue weighted by molar-refractivity contribution is -0.131. The van der Waals surface area contributed by atoms with Crippen LogP contribution in [0.5, 0.6) is 17.2 Å². The number of hydrogen-bond acceptors (Lipinski definition) is 5. The fourth-order valence-electron chi connectivity index (χ4n) is 2.09. The van der Waals surface area contributed by atoms with Crippen molar-refractivity contribution in [3.63, 3.8) is 0 Å². The second-order valence-corrected chi connectivity index (χ2v) is 6.05. The van der Waals surface area contributed by atoms with Crippen molar-refractivity contribution in [3.8, 4) is 17.2 Å². The molecule has 0 aromatic heterocycles. The first-order valence-electron chi connectivity index (χ1n) is 8.13. The molecule has 144 valence electrons. The molecule has 2 amide bonds. The topological polar surface area (TPSA) is 85.9 Å². The first-order valence-corrected chi connectivity index (χ1v) is 8.51. The normalized spacial score (nSPS) is 10.1. The van der Waals surface area contributed by atoms with Gasteiger partial charge in [0.25, 0.3) is 11.8 Å². The Morgan fingerprint density at radius 2 is 1.41 bits per heavy atom. The molecular weight excluding hydrogens is 372 g/mol. The molecule has 0 heterocycles. The van der Waals surface area contributed by atoms with Crippen molar-refractivity contribution >= 4 is 23.4 Å². The van der Waals surface area contributed by atoms with Crippen LogP contribution in [0.15, 0.2) is 36.4 Å². The maximum absolute atomic E-state index is 11.8. The van der Waals surface area contributed by atoms with Gasteiger partial charge in [-0.1, -0.05) is 11.6 Å². The average Bonchev–Trinajstić information content (AvgIpc) is 2.68. The standard InChI is InChI=1S/C19H21ClN2O5/c1-12-13(2)17(9-8-16(12)20)27-11-19(24)22-21-18(23)10-26-15-6-4-14(25-3)5-7-15/h4-9H,10-11H2,1-3H3,(H,21,23)(H,22,24). The molecule has 7 nitrogen and oxygen atoms in total. The molecule has 2 aromatic carbocycles. The van der Waals surface area contributed by atoms with Crippen molar-refractivity contribution in [2.24, 2.45) is 0 Å². The van der Waals surface area contributed by atoms with E-state index in [0.717, 1.165) is 11.1 Å². The Kier molecular flexibility index (Phi) is 7.31. The van der Waals surface area contributed by atoms with Crippen LogP contribution in [0.2, 0.25) is 5.02 Å². The number of benzene rings is 2. The zero-order valence-electron chi connectivity index (χ0n) is 15.3. The summed E-state index contributed by atoms with van der Waals surface area (Å²) in [6.45, 7) is 3.23. The molecule has 0 spiro atoms. The van der Waals surface area contributed by atoms with Crippen LogP contribution in [0.4, 0.5) is 0 Å². The number of hydrogen-bond donors (Lipinski definition) is 2. The number of carbonyl (C=O) groups excluding carboxylic acids is 2. The molecule has 0 unspecified atom stereocenters. The van der Waals surface area contributed by atoms with Gasteiger partial charge >= 0.3 is 0 Å². The van der Waals surface area contributed by atoms with Crippen molar-refractivity contribution in [1.82, 2.24) is 10.9 Å². The summed E-state index contributed by atoms with van der Waals surface area (Å²) in [4.78, 5) is 23.5. The highest BCUT2D eigenvalue weighted by atomic mass is 35.5.